The number of nitrogens with one attached hydrogen (secondary N) is 2. The summed E-state index contributed by atoms with van der Waals surface area (Å²) in [6, 6.07) is 24.1. The SMILES string of the molecule is COc1cc(CNCCc2c[nH]c3ccccc23)ccc1Oc1nnnn1-c1ccccc1. The molecule has 5 rings (SSSR count). The van der Waals surface area contributed by atoms with Crippen LogP contribution in [0.3, 0.4) is 0 Å². The highest BCUT2D eigenvalue weighted by molar-refractivity contribution is 5.83. The zero-order valence-electron chi connectivity index (χ0n) is 18.2. The third-order valence-corrected chi connectivity index (χ3v) is 5.45. The molecule has 0 saturated heterocycles. The molecule has 0 bridgehead atoms. The minimum absolute atomic E-state index is 0.268. The lowest BCUT2D eigenvalue weighted by molar-refractivity contribution is 0.362. The Balaban J connectivity index is 1.22. The van der Waals surface area contributed by atoms with Gasteiger partial charge in [0.2, 0.25) is 0 Å². The molecule has 0 spiro atoms. The molecule has 2 aromatic heterocycles. The average Bonchev–Trinajstić information content (AvgIpc) is 3.50. The van der Waals surface area contributed by atoms with Crippen LogP contribution in [0.2, 0.25) is 0 Å². The van der Waals surface area contributed by atoms with E-state index in [1.165, 1.54) is 16.5 Å². The maximum atomic E-state index is 5.97. The summed E-state index contributed by atoms with van der Waals surface area (Å²) >= 11 is 0. The number of para-hydroxylation sites is 2. The fraction of sp³-hybridized carbons (Fsp3) is 0.160. The molecule has 0 saturated carbocycles. The Morgan fingerprint density at radius 1 is 0.970 bits per heavy atom. The molecule has 0 radical (unpaired) electrons. The number of aromatic nitrogens is 5. The predicted molar refractivity (Wildman–Crippen MR) is 126 cm³/mol. The van der Waals surface area contributed by atoms with E-state index >= 15 is 0 Å². The molecule has 0 aliphatic heterocycles. The molecule has 8 heteroatoms. The zero-order valence-corrected chi connectivity index (χ0v) is 18.2. The van der Waals surface area contributed by atoms with Crippen LogP contribution in [0.1, 0.15) is 11.1 Å². The quantitative estimate of drug-likeness (QED) is 0.333. The molecule has 166 valence electrons. The minimum atomic E-state index is 0.268. The van der Waals surface area contributed by atoms with Gasteiger partial charge >= 0.3 is 6.01 Å². The van der Waals surface area contributed by atoms with Crippen molar-refractivity contribution in [3.63, 3.8) is 0 Å². The fourth-order valence-corrected chi connectivity index (χ4v) is 3.77. The van der Waals surface area contributed by atoms with Gasteiger partial charge < -0.3 is 19.8 Å². The highest BCUT2D eigenvalue weighted by Gasteiger charge is 2.14. The van der Waals surface area contributed by atoms with Gasteiger partial charge in [0.05, 0.1) is 12.8 Å². The van der Waals surface area contributed by atoms with Gasteiger partial charge in [-0.25, -0.2) is 0 Å². The van der Waals surface area contributed by atoms with E-state index in [1.807, 2.05) is 54.6 Å². The number of hydrogen-bond acceptors (Lipinski definition) is 6. The van der Waals surface area contributed by atoms with Crippen LogP contribution in [0.25, 0.3) is 16.6 Å². The van der Waals surface area contributed by atoms with Crippen LogP contribution in [0.15, 0.2) is 79.0 Å². The molecule has 2 heterocycles. The molecule has 0 unspecified atom stereocenters. The van der Waals surface area contributed by atoms with E-state index in [0.29, 0.717) is 11.5 Å². The molecule has 3 aromatic carbocycles. The number of aromatic amines is 1. The van der Waals surface area contributed by atoms with Crippen molar-refractivity contribution in [3.8, 4) is 23.2 Å². The van der Waals surface area contributed by atoms with Crippen molar-refractivity contribution in [3.05, 3.63) is 90.1 Å². The highest BCUT2D eigenvalue weighted by Crippen LogP contribution is 2.32. The molecule has 0 fully saturated rings. The Morgan fingerprint density at radius 3 is 2.70 bits per heavy atom. The number of tetrazole rings is 1. The van der Waals surface area contributed by atoms with E-state index in [2.05, 4.69) is 50.2 Å². The Bertz CT molecular complexity index is 1350. The topological polar surface area (TPSA) is 89.9 Å². The van der Waals surface area contributed by atoms with Gasteiger partial charge in [-0.3, -0.25) is 0 Å². The van der Waals surface area contributed by atoms with Gasteiger partial charge in [0.25, 0.3) is 0 Å². The first-order chi connectivity index (χ1) is 16.3. The lowest BCUT2D eigenvalue weighted by Gasteiger charge is -2.12. The van der Waals surface area contributed by atoms with Gasteiger partial charge in [0.1, 0.15) is 0 Å². The number of H-pyrrole nitrogens is 1. The second-order valence-corrected chi connectivity index (χ2v) is 7.58. The number of nitrogens with zero attached hydrogens (tertiary/aromatic N) is 4. The predicted octanol–water partition coefficient (Wildman–Crippen LogP) is 4.28. The Labute approximate surface area is 191 Å². The van der Waals surface area contributed by atoms with Crippen LogP contribution in [-0.2, 0) is 13.0 Å². The summed E-state index contributed by atoms with van der Waals surface area (Å²) in [5.41, 5.74) is 4.40. The first-order valence-electron chi connectivity index (χ1n) is 10.8. The molecular weight excluding hydrogens is 416 g/mol. The first kappa shape index (κ1) is 20.7. The summed E-state index contributed by atoms with van der Waals surface area (Å²) in [6.07, 6.45) is 3.04. The van der Waals surface area contributed by atoms with E-state index < -0.39 is 0 Å². The molecule has 2 N–H and O–H groups in total. The summed E-state index contributed by atoms with van der Waals surface area (Å²) in [4.78, 5) is 3.33. The van der Waals surface area contributed by atoms with Crippen LogP contribution in [0.5, 0.6) is 17.5 Å². The number of hydrogen-bond donors (Lipinski definition) is 2. The van der Waals surface area contributed by atoms with Gasteiger partial charge in [0.15, 0.2) is 11.5 Å². The van der Waals surface area contributed by atoms with Crippen LogP contribution in [0.4, 0.5) is 0 Å². The van der Waals surface area contributed by atoms with Gasteiger partial charge in [-0.05, 0) is 64.9 Å². The molecule has 0 atom stereocenters. The molecule has 33 heavy (non-hydrogen) atoms. The van der Waals surface area contributed by atoms with Crippen molar-refractivity contribution in [2.75, 3.05) is 13.7 Å². The molecule has 0 aliphatic rings. The van der Waals surface area contributed by atoms with E-state index in [9.17, 15) is 0 Å². The normalized spacial score (nSPS) is 11.1. The summed E-state index contributed by atoms with van der Waals surface area (Å²) < 4.78 is 13.1. The number of methoxy groups -OCH3 is 1. The average molecular weight is 441 g/mol. The molecule has 5 aromatic rings. The maximum absolute atomic E-state index is 5.97. The maximum Gasteiger partial charge on any atom is 0.346 e. The largest absolute Gasteiger partial charge is 0.493 e. The second-order valence-electron chi connectivity index (χ2n) is 7.58. The third kappa shape index (κ3) is 4.56. The van der Waals surface area contributed by atoms with Gasteiger partial charge in [-0.15, -0.1) is 0 Å². The minimum Gasteiger partial charge on any atom is -0.493 e. The van der Waals surface area contributed by atoms with Crippen molar-refractivity contribution in [1.29, 1.82) is 0 Å². The highest BCUT2D eigenvalue weighted by atomic mass is 16.5. The standard InChI is InChI=1S/C25H24N6O2/c1-32-24-15-18(16-26-14-13-19-17-27-22-10-6-5-9-21(19)22)11-12-23(24)33-25-28-29-30-31(25)20-7-3-2-4-8-20/h2-12,15,17,26-27H,13-14,16H2,1H3. The van der Waals surface area contributed by atoms with E-state index in [-0.39, 0.29) is 6.01 Å². The first-order valence-corrected chi connectivity index (χ1v) is 10.8. The Hall–Kier alpha value is -4.17. The lowest BCUT2D eigenvalue weighted by Crippen LogP contribution is -2.16. The summed E-state index contributed by atoms with van der Waals surface area (Å²) in [5, 5.41) is 16.5. The number of rotatable bonds is 9. The van der Waals surface area contributed by atoms with Crippen LogP contribution in [-0.4, -0.2) is 38.8 Å². The van der Waals surface area contributed by atoms with Crippen LogP contribution < -0.4 is 14.8 Å². The fourth-order valence-electron chi connectivity index (χ4n) is 3.77. The number of ether oxygens (including phenoxy) is 2. The van der Waals surface area contributed by atoms with E-state index in [0.717, 1.165) is 30.8 Å². The van der Waals surface area contributed by atoms with Crippen molar-refractivity contribution in [2.24, 2.45) is 0 Å². The monoisotopic (exact) mass is 440 g/mol. The Morgan fingerprint density at radius 2 is 1.82 bits per heavy atom. The Kier molecular flexibility index (Phi) is 5.99. The van der Waals surface area contributed by atoms with E-state index in [4.69, 9.17) is 9.47 Å². The molecule has 8 nitrogen and oxygen atoms in total. The van der Waals surface area contributed by atoms with Gasteiger partial charge in [-0.2, -0.15) is 4.68 Å². The summed E-state index contributed by atoms with van der Waals surface area (Å²) in [6.45, 7) is 1.59. The smallest absolute Gasteiger partial charge is 0.346 e. The molecule has 0 amide bonds. The second kappa shape index (κ2) is 9.54. The number of benzene rings is 3. The summed E-state index contributed by atoms with van der Waals surface area (Å²) in [7, 11) is 1.62. The van der Waals surface area contributed by atoms with Crippen molar-refractivity contribution < 1.29 is 9.47 Å². The summed E-state index contributed by atoms with van der Waals surface area (Å²) in [5.74, 6) is 1.17. The zero-order chi connectivity index (χ0) is 22.5. The van der Waals surface area contributed by atoms with Crippen LogP contribution >= 0.6 is 0 Å². The van der Waals surface area contributed by atoms with E-state index in [1.54, 1.807) is 11.8 Å². The van der Waals surface area contributed by atoms with Crippen LogP contribution in [0, 0.1) is 0 Å². The third-order valence-electron chi connectivity index (χ3n) is 5.45. The van der Waals surface area contributed by atoms with Gasteiger partial charge in [0, 0.05) is 23.6 Å². The molecule has 0 aliphatic carbocycles. The van der Waals surface area contributed by atoms with Gasteiger partial charge in [-0.1, -0.05) is 47.6 Å². The number of fused-ring (bicyclic) bond motifs is 1. The molecular formula is C25H24N6O2. The van der Waals surface area contributed by atoms with Crippen molar-refractivity contribution >= 4 is 10.9 Å². The lowest BCUT2D eigenvalue weighted by atomic mass is 10.1. The van der Waals surface area contributed by atoms with Crippen molar-refractivity contribution in [1.82, 2.24) is 30.5 Å². The van der Waals surface area contributed by atoms with Crippen molar-refractivity contribution in [2.45, 2.75) is 13.0 Å².